The third kappa shape index (κ3) is 5.46. The van der Waals surface area contributed by atoms with Crippen LogP contribution in [0, 0.1) is 5.41 Å². The number of unbranched alkanes of at least 4 members (excludes halogenated alkanes) is 1. The summed E-state index contributed by atoms with van der Waals surface area (Å²) in [5.41, 5.74) is 1.17. The summed E-state index contributed by atoms with van der Waals surface area (Å²) in [5, 5.41) is 8.90. The number of hydrogen-bond donors (Lipinski definition) is 1. The van der Waals surface area contributed by atoms with Gasteiger partial charge in [-0.2, -0.15) is 0 Å². The normalized spacial score (nSPS) is 19.8. The van der Waals surface area contributed by atoms with E-state index in [1.807, 2.05) is 30.3 Å². The summed E-state index contributed by atoms with van der Waals surface area (Å²) in [7, 11) is -3.61. The maximum atomic E-state index is 13.7. The lowest BCUT2D eigenvalue weighted by Crippen LogP contribution is -2.37. The van der Waals surface area contributed by atoms with Gasteiger partial charge in [-0.3, -0.25) is 4.79 Å². The predicted molar refractivity (Wildman–Crippen MR) is 130 cm³/mol. The molecule has 0 saturated carbocycles. The van der Waals surface area contributed by atoms with E-state index in [0.29, 0.717) is 22.5 Å². The van der Waals surface area contributed by atoms with Crippen LogP contribution in [0.25, 0.3) is 0 Å². The molecular weight excluding hydrogens is 494 g/mol. The minimum atomic E-state index is -3.61. The van der Waals surface area contributed by atoms with Gasteiger partial charge in [0, 0.05) is 23.7 Å². The number of benzene rings is 2. The fourth-order valence-electron chi connectivity index (χ4n) is 4.22. The fraction of sp³-hybridized carbons (Fsp3) is 0.458. The molecule has 0 unspecified atom stereocenters. The number of fused-ring (bicyclic) bond motifs is 1. The van der Waals surface area contributed by atoms with Crippen molar-refractivity contribution in [2.24, 2.45) is 5.41 Å². The quantitative estimate of drug-likeness (QED) is 0.446. The largest absolute Gasteiger partial charge is 0.492 e. The zero-order valence-corrected chi connectivity index (χ0v) is 20.9. The summed E-state index contributed by atoms with van der Waals surface area (Å²) >= 11 is 3.50. The van der Waals surface area contributed by atoms with Crippen LogP contribution in [-0.2, 0) is 14.6 Å². The lowest BCUT2D eigenvalue weighted by molar-refractivity contribution is -0.137. The van der Waals surface area contributed by atoms with Crippen LogP contribution in [0.2, 0.25) is 0 Å². The highest BCUT2D eigenvalue weighted by atomic mass is 79.9. The number of nitrogens with zero attached hydrogens (tertiary/aromatic N) is 1. The van der Waals surface area contributed by atoms with E-state index >= 15 is 0 Å². The van der Waals surface area contributed by atoms with Gasteiger partial charge in [0.2, 0.25) is 0 Å². The molecule has 8 heteroatoms. The number of para-hydroxylation sites is 1. The summed E-state index contributed by atoms with van der Waals surface area (Å²) in [6, 6.07) is 13.2. The lowest BCUT2D eigenvalue weighted by Gasteiger charge is -2.36. The number of halogens is 1. The fourth-order valence-corrected chi connectivity index (χ4v) is 6.84. The van der Waals surface area contributed by atoms with E-state index in [2.05, 4.69) is 34.7 Å². The van der Waals surface area contributed by atoms with Crippen LogP contribution >= 0.6 is 15.9 Å². The van der Waals surface area contributed by atoms with Crippen molar-refractivity contribution in [3.8, 4) is 5.75 Å². The van der Waals surface area contributed by atoms with Gasteiger partial charge < -0.3 is 14.7 Å². The number of anilines is 2. The molecule has 0 spiro atoms. The van der Waals surface area contributed by atoms with Crippen LogP contribution < -0.4 is 9.64 Å². The summed E-state index contributed by atoms with van der Waals surface area (Å²) in [5.74, 6) is -0.565. The Morgan fingerprint density at radius 2 is 1.94 bits per heavy atom. The maximum Gasteiger partial charge on any atom is 0.306 e. The van der Waals surface area contributed by atoms with Crippen LogP contribution in [0.15, 0.2) is 51.8 Å². The Labute approximate surface area is 198 Å². The molecule has 1 aliphatic heterocycles. The van der Waals surface area contributed by atoms with Gasteiger partial charge in [0.1, 0.15) is 5.75 Å². The molecule has 0 fully saturated rings. The minimum Gasteiger partial charge on any atom is -0.492 e. The Morgan fingerprint density at radius 3 is 2.56 bits per heavy atom. The standard InChI is InChI=1S/C24H30BrNO5S/c1-3-5-12-24(4-2)16-26(18-9-7-6-8-10-18)20-14-19(25)21(31-13-11-23(27)28)15-22(20)32(29,30)17-24/h6-10,14-15H,3-5,11-13,16-17H2,1-2H3,(H,27,28)/t24-/m0/s1. The molecule has 1 N–H and O–H groups in total. The van der Waals surface area contributed by atoms with Gasteiger partial charge in [-0.05, 0) is 47.0 Å². The van der Waals surface area contributed by atoms with Crippen LogP contribution in [0.5, 0.6) is 5.75 Å². The first-order valence-corrected chi connectivity index (χ1v) is 13.4. The topological polar surface area (TPSA) is 83.9 Å². The van der Waals surface area contributed by atoms with E-state index in [4.69, 9.17) is 9.84 Å². The van der Waals surface area contributed by atoms with Crippen LogP contribution in [-0.4, -0.2) is 38.4 Å². The average Bonchev–Trinajstić information content (AvgIpc) is 2.85. The number of aliphatic carboxylic acids is 1. The summed E-state index contributed by atoms with van der Waals surface area (Å²) < 4.78 is 33.5. The first-order chi connectivity index (χ1) is 15.2. The van der Waals surface area contributed by atoms with E-state index in [9.17, 15) is 13.2 Å². The highest BCUT2D eigenvalue weighted by Gasteiger charge is 2.41. The number of hydrogen-bond acceptors (Lipinski definition) is 5. The van der Waals surface area contributed by atoms with Crippen molar-refractivity contribution in [1.82, 2.24) is 0 Å². The molecule has 1 heterocycles. The zero-order chi connectivity index (χ0) is 23.4. The third-order valence-corrected chi connectivity index (χ3v) is 8.69. The molecule has 0 aromatic heterocycles. The molecule has 0 aliphatic carbocycles. The van der Waals surface area contributed by atoms with Crippen molar-refractivity contribution in [2.75, 3.05) is 23.8 Å². The van der Waals surface area contributed by atoms with Crippen molar-refractivity contribution in [1.29, 1.82) is 0 Å². The second kappa shape index (κ2) is 10.3. The van der Waals surface area contributed by atoms with E-state index in [1.165, 1.54) is 6.07 Å². The highest BCUT2D eigenvalue weighted by Crippen LogP contribution is 2.46. The summed E-state index contributed by atoms with van der Waals surface area (Å²) in [6.07, 6.45) is 3.40. The smallest absolute Gasteiger partial charge is 0.306 e. The van der Waals surface area contributed by atoms with Crippen molar-refractivity contribution in [3.63, 3.8) is 0 Å². The molecule has 1 atom stereocenters. The minimum absolute atomic E-state index is 0.0371. The molecule has 32 heavy (non-hydrogen) atoms. The zero-order valence-electron chi connectivity index (χ0n) is 18.5. The van der Waals surface area contributed by atoms with Gasteiger partial charge in [0.05, 0.1) is 33.8 Å². The molecule has 2 aromatic carbocycles. The van der Waals surface area contributed by atoms with Crippen LogP contribution in [0.1, 0.15) is 46.0 Å². The van der Waals surface area contributed by atoms with Gasteiger partial charge in [0.15, 0.2) is 9.84 Å². The molecule has 0 bridgehead atoms. The van der Waals surface area contributed by atoms with Gasteiger partial charge in [0.25, 0.3) is 0 Å². The first kappa shape index (κ1) is 24.6. The number of rotatable bonds is 9. The Morgan fingerprint density at radius 1 is 1.22 bits per heavy atom. The molecule has 0 amide bonds. The van der Waals surface area contributed by atoms with E-state index in [0.717, 1.165) is 31.4 Å². The molecule has 174 valence electrons. The Kier molecular flexibility index (Phi) is 7.88. The second-order valence-corrected chi connectivity index (χ2v) is 11.2. The SMILES string of the molecule is CCCC[C@@]1(CC)CN(c2ccccc2)c2cc(Br)c(OCCC(=O)O)cc2S(=O)(=O)C1. The van der Waals surface area contributed by atoms with Gasteiger partial charge >= 0.3 is 5.97 Å². The van der Waals surface area contributed by atoms with Gasteiger partial charge in [-0.25, -0.2) is 8.42 Å². The van der Waals surface area contributed by atoms with Gasteiger partial charge in [-0.15, -0.1) is 0 Å². The number of carboxylic acid groups (broad SMARTS) is 1. The number of carbonyl (C=O) groups is 1. The molecule has 3 rings (SSSR count). The monoisotopic (exact) mass is 523 g/mol. The maximum absolute atomic E-state index is 13.7. The molecule has 0 saturated heterocycles. The first-order valence-electron chi connectivity index (χ1n) is 10.9. The second-order valence-electron chi connectivity index (χ2n) is 8.38. The molecule has 1 aliphatic rings. The molecule has 2 aromatic rings. The average molecular weight is 524 g/mol. The molecule has 0 radical (unpaired) electrons. The van der Waals surface area contributed by atoms with Crippen LogP contribution in [0.3, 0.4) is 0 Å². The van der Waals surface area contributed by atoms with Crippen molar-refractivity contribution < 1.29 is 23.1 Å². The Balaban J connectivity index is 2.15. The highest BCUT2D eigenvalue weighted by molar-refractivity contribution is 9.10. The predicted octanol–water partition coefficient (Wildman–Crippen LogP) is 5.81. The number of sulfone groups is 1. The van der Waals surface area contributed by atoms with Crippen molar-refractivity contribution in [3.05, 3.63) is 46.9 Å². The van der Waals surface area contributed by atoms with E-state index < -0.39 is 15.8 Å². The summed E-state index contributed by atoms with van der Waals surface area (Å²) in [6.45, 7) is 4.76. The molecular formula is C24H30BrNO5S. The number of ether oxygens (including phenoxy) is 1. The summed E-state index contributed by atoms with van der Waals surface area (Å²) in [4.78, 5) is 13.2. The number of carboxylic acids is 1. The molecule has 6 nitrogen and oxygen atoms in total. The van der Waals surface area contributed by atoms with Crippen LogP contribution in [0.4, 0.5) is 11.4 Å². The third-order valence-electron chi connectivity index (χ3n) is 6.08. The van der Waals surface area contributed by atoms with Crippen molar-refractivity contribution in [2.45, 2.75) is 50.8 Å². The van der Waals surface area contributed by atoms with E-state index in [1.54, 1.807) is 6.07 Å². The van der Waals surface area contributed by atoms with E-state index in [-0.39, 0.29) is 29.1 Å². The van der Waals surface area contributed by atoms with Crippen molar-refractivity contribution >= 4 is 43.1 Å². The van der Waals surface area contributed by atoms with Gasteiger partial charge in [-0.1, -0.05) is 44.9 Å². The lowest BCUT2D eigenvalue weighted by atomic mass is 9.81. The Bertz CT molecular complexity index is 1060. The Hall–Kier alpha value is -2.06.